The number of carbonyl (C=O) groups excluding carboxylic acids is 1. The quantitative estimate of drug-likeness (QED) is 0.0424. The molecule has 0 bridgehead atoms. The number of halogens is 4. The van der Waals surface area contributed by atoms with Crippen LogP contribution in [0.15, 0.2) is 92.8 Å². The molecule has 0 aliphatic rings. The van der Waals surface area contributed by atoms with Gasteiger partial charge in [0.05, 0.1) is 12.2 Å². The fourth-order valence-corrected chi connectivity index (χ4v) is 3.79. The molecule has 0 saturated carbocycles. The van der Waals surface area contributed by atoms with Crippen LogP contribution in [0.5, 0.6) is 0 Å². The minimum atomic E-state index is -0.308. The molecular weight excluding hydrogens is 700 g/mol. The summed E-state index contributed by atoms with van der Waals surface area (Å²) in [7, 11) is 0. The average Bonchev–Trinajstić information content (AvgIpc) is 3.01. The molecule has 0 atom stereocenters. The third kappa shape index (κ3) is 19.3. The highest BCUT2D eigenvalue weighted by molar-refractivity contribution is 6.31. The van der Waals surface area contributed by atoms with Gasteiger partial charge in [-0.1, -0.05) is 36.0 Å². The topological polar surface area (TPSA) is 230 Å². The van der Waals surface area contributed by atoms with Crippen LogP contribution < -0.4 is 39.3 Å². The number of anilines is 3. The number of esters is 1. The Morgan fingerprint density at radius 3 is 1.44 bits per heavy atom. The van der Waals surface area contributed by atoms with E-state index in [4.69, 9.17) is 56.6 Å². The number of hydrogen-bond donors (Lipinski definition) is 7. The third-order valence-corrected chi connectivity index (χ3v) is 6.24. The fourth-order valence-electron chi connectivity index (χ4n) is 3.53. The van der Waals surface area contributed by atoms with E-state index in [1.807, 2.05) is 0 Å². The van der Waals surface area contributed by atoms with Crippen molar-refractivity contribution in [2.24, 2.45) is 42.9 Å². The Hall–Kier alpha value is -4.43. The van der Waals surface area contributed by atoms with Gasteiger partial charge in [0, 0.05) is 40.2 Å². The number of aliphatic imine (C=N–C) groups is 4. The summed E-state index contributed by atoms with van der Waals surface area (Å²) >= 11 is 11.7. The lowest BCUT2D eigenvalue weighted by Crippen LogP contribution is -2.26. The molecular formula is C31H43Cl4N11O2. The van der Waals surface area contributed by atoms with Crippen molar-refractivity contribution in [3.8, 4) is 0 Å². The van der Waals surface area contributed by atoms with E-state index in [0.29, 0.717) is 41.0 Å². The van der Waals surface area contributed by atoms with E-state index in [1.54, 1.807) is 79.7 Å². The Morgan fingerprint density at radius 1 is 0.667 bits per heavy atom. The fraction of sp³-hybridized carbons (Fsp3) is 0.258. The van der Waals surface area contributed by atoms with E-state index in [2.05, 4.69) is 30.6 Å². The van der Waals surface area contributed by atoms with Gasteiger partial charge in [0.25, 0.3) is 0 Å². The molecule has 3 aromatic carbocycles. The molecule has 12 N–H and O–H groups in total. The first kappa shape index (κ1) is 43.6. The Labute approximate surface area is 303 Å². The van der Waals surface area contributed by atoms with Crippen molar-refractivity contribution in [1.29, 1.82) is 0 Å². The summed E-state index contributed by atoms with van der Waals surface area (Å²) in [5, 5.41) is 7.11. The van der Waals surface area contributed by atoms with Gasteiger partial charge >= 0.3 is 5.97 Å². The van der Waals surface area contributed by atoms with E-state index in [0.717, 1.165) is 37.1 Å². The van der Waals surface area contributed by atoms with Crippen molar-refractivity contribution in [3.05, 3.63) is 88.4 Å². The van der Waals surface area contributed by atoms with Gasteiger partial charge in [-0.2, -0.15) is 9.98 Å². The lowest BCUT2D eigenvalue weighted by Gasteiger charge is -2.05. The summed E-state index contributed by atoms with van der Waals surface area (Å²) in [4.78, 5) is 27.6. The Balaban J connectivity index is 0.00000133. The average molecular weight is 744 g/mol. The smallest absolute Gasteiger partial charge is 0.338 e. The van der Waals surface area contributed by atoms with Crippen LogP contribution in [-0.4, -0.2) is 49.5 Å². The molecule has 17 heteroatoms. The summed E-state index contributed by atoms with van der Waals surface area (Å²) in [5.74, 6) is 0.256. The molecule has 0 saturated heterocycles. The van der Waals surface area contributed by atoms with Gasteiger partial charge in [0.1, 0.15) is 0 Å². The van der Waals surface area contributed by atoms with Crippen LogP contribution in [0, 0.1) is 0 Å². The summed E-state index contributed by atoms with van der Waals surface area (Å²) < 4.78 is 4.79. The minimum absolute atomic E-state index is 0. The van der Waals surface area contributed by atoms with Crippen LogP contribution in [0.4, 0.5) is 17.1 Å². The first-order valence-electron chi connectivity index (χ1n) is 14.4. The highest BCUT2D eigenvalue weighted by Gasteiger charge is 2.04. The van der Waals surface area contributed by atoms with E-state index in [9.17, 15) is 4.79 Å². The van der Waals surface area contributed by atoms with Crippen LogP contribution >= 0.6 is 48.0 Å². The van der Waals surface area contributed by atoms with Gasteiger partial charge in [-0.15, -0.1) is 24.8 Å². The second kappa shape index (κ2) is 24.7. The molecule has 0 heterocycles. The molecule has 0 spiro atoms. The number of rotatable bonds is 11. The molecule has 0 aliphatic carbocycles. The number of guanidine groups is 4. The highest BCUT2D eigenvalue weighted by Crippen LogP contribution is 2.14. The molecule has 0 amide bonds. The van der Waals surface area contributed by atoms with Gasteiger partial charge in [-0.25, -0.2) is 4.79 Å². The largest absolute Gasteiger partial charge is 0.462 e. The maximum Gasteiger partial charge on any atom is 0.338 e. The lowest BCUT2D eigenvalue weighted by atomic mass is 10.2. The Kier molecular flexibility index (Phi) is 22.4. The summed E-state index contributed by atoms with van der Waals surface area (Å²) in [6.45, 7) is 3.29. The lowest BCUT2D eigenvalue weighted by molar-refractivity contribution is 0.0526. The second-order valence-electron chi connectivity index (χ2n) is 9.49. The number of nitrogens with one attached hydrogen (secondary N) is 2. The van der Waals surface area contributed by atoms with E-state index in [1.165, 1.54) is 0 Å². The minimum Gasteiger partial charge on any atom is -0.462 e. The second-order valence-corrected chi connectivity index (χ2v) is 10.4. The van der Waals surface area contributed by atoms with E-state index >= 15 is 0 Å². The maximum atomic E-state index is 11.1. The number of benzene rings is 3. The number of unbranched alkanes of at least 4 members (excludes halogenated alkanes) is 3. The van der Waals surface area contributed by atoms with Gasteiger partial charge in [-0.3, -0.25) is 9.98 Å². The Bertz CT molecular complexity index is 1400. The predicted octanol–water partition coefficient (Wildman–Crippen LogP) is 5.63. The van der Waals surface area contributed by atoms with Crippen LogP contribution in [0.1, 0.15) is 43.0 Å². The third-order valence-electron chi connectivity index (χ3n) is 5.74. The molecule has 0 aliphatic heterocycles. The molecule has 3 aromatic rings. The molecule has 0 fully saturated rings. The molecule has 0 aromatic heterocycles. The van der Waals surface area contributed by atoms with Crippen LogP contribution in [0.25, 0.3) is 0 Å². The van der Waals surface area contributed by atoms with Crippen LogP contribution in [-0.2, 0) is 4.74 Å². The van der Waals surface area contributed by atoms with Crippen LogP contribution in [0.2, 0.25) is 10.0 Å². The monoisotopic (exact) mass is 741 g/mol. The number of hydrogen-bond acceptors (Lipinski definition) is 5. The first-order valence-corrected chi connectivity index (χ1v) is 15.2. The number of nitrogens with two attached hydrogens (primary N) is 5. The molecule has 13 nitrogen and oxygen atoms in total. The van der Waals surface area contributed by atoms with Crippen molar-refractivity contribution in [3.63, 3.8) is 0 Å². The van der Waals surface area contributed by atoms with Crippen molar-refractivity contribution < 1.29 is 9.53 Å². The van der Waals surface area contributed by atoms with E-state index in [-0.39, 0.29) is 54.6 Å². The van der Waals surface area contributed by atoms with Crippen LogP contribution in [0.3, 0.4) is 0 Å². The SMILES string of the molecule is CCOC(=O)c1ccc(N)cc1.Cl.Cl.NC(=NCCCCCCN=C(N)/N=C(\N)Nc1ccc(Cl)cc1)/N=C(\N)Nc1ccc(Cl)cc1. The molecule has 48 heavy (non-hydrogen) atoms. The van der Waals surface area contributed by atoms with Gasteiger partial charge < -0.3 is 44.0 Å². The summed E-state index contributed by atoms with van der Waals surface area (Å²) in [6.07, 6.45) is 3.68. The molecule has 262 valence electrons. The zero-order valence-corrected chi connectivity index (χ0v) is 29.6. The number of ether oxygens (including phenoxy) is 1. The maximum absolute atomic E-state index is 11.1. The van der Waals surface area contributed by atoms with Crippen molar-refractivity contribution in [2.45, 2.75) is 32.6 Å². The normalized spacial score (nSPS) is 11.6. The number of nitrogens with zero attached hydrogens (tertiary/aromatic N) is 4. The number of carbonyl (C=O) groups is 1. The van der Waals surface area contributed by atoms with Crippen molar-refractivity contribution in [2.75, 3.05) is 36.1 Å². The zero-order valence-electron chi connectivity index (χ0n) is 26.4. The number of nitrogen functional groups attached to an aromatic ring is 1. The molecule has 3 rings (SSSR count). The highest BCUT2D eigenvalue weighted by atomic mass is 35.5. The standard InChI is InChI=1S/C22H30Cl2N10.C9H11NO2.2ClH/c23-15-5-9-17(10-6-15)31-21(27)33-19(25)29-13-3-1-2-4-14-30-20(26)34-22(28)32-18-11-7-16(24)8-12-18;1-2-12-9(11)7-3-5-8(10)6-4-7;;/h5-12H,1-4,13-14H2,(H5,25,27,29,31,33)(H5,26,28,30,32,34);3-6H,2,10H2,1H3;2*1H. The van der Waals surface area contributed by atoms with Gasteiger partial charge in [0.2, 0.25) is 23.8 Å². The van der Waals surface area contributed by atoms with Gasteiger partial charge in [0.15, 0.2) is 0 Å². The predicted molar refractivity (Wildman–Crippen MR) is 206 cm³/mol. The van der Waals surface area contributed by atoms with E-state index < -0.39 is 0 Å². The van der Waals surface area contributed by atoms with Crippen molar-refractivity contribution >= 4 is 94.9 Å². The Morgan fingerprint density at radius 2 is 1.06 bits per heavy atom. The zero-order chi connectivity index (χ0) is 33.7. The first-order chi connectivity index (χ1) is 22.0. The van der Waals surface area contributed by atoms with Crippen molar-refractivity contribution in [1.82, 2.24) is 0 Å². The van der Waals surface area contributed by atoms with Gasteiger partial charge in [-0.05, 0) is 92.6 Å². The summed E-state index contributed by atoms with van der Waals surface area (Å²) in [5.41, 5.74) is 31.4. The summed E-state index contributed by atoms with van der Waals surface area (Å²) in [6, 6.07) is 20.8. The molecule has 0 unspecified atom stereocenters. The molecule has 0 radical (unpaired) electrons.